The molecule has 0 amide bonds. The van der Waals surface area contributed by atoms with E-state index in [0.29, 0.717) is 12.4 Å². The zero-order chi connectivity index (χ0) is 17.5. The second kappa shape index (κ2) is 8.88. The van der Waals surface area contributed by atoms with Gasteiger partial charge in [-0.3, -0.25) is 0 Å². The molecule has 25 heavy (non-hydrogen) atoms. The summed E-state index contributed by atoms with van der Waals surface area (Å²) in [5.74, 6) is 0.736. The molecule has 1 atom stereocenters. The van der Waals surface area contributed by atoms with E-state index in [1.807, 2.05) is 19.1 Å². The van der Waals surface area contributed by atoms with Crippen LogP contribution in [0.3, 0.4) is 0 Å². The van der Waals surface area contributed by atoms with E-state index in [9.17, 15) is 5.11 Å². The number of phenolic OH excluding ortho intramolecular Hbond substituents is 1. The number of aromatic hydroxyl groups is 1. The summed E-state index contributed by atoms with van der Waals surface area (Å²) < 4.78 is 11.5. The number of hydrogen-bond donors (Lipinski definition) is 2. The van der Waals surface area contributed by atoms with E-state index in [4.69, 9.17) is 9.47 Å². The van der Waals surface area contributed by atoms with Crippen LogP contribution < -0.4 is 10.1 Å². The van der Waals surface area contributed by atoms with Gasteiger partial charge in [-0.15, -0.1) is 0 Å². The molecule has 1 aliphatic heterocycles. The number of allylic oxidation sites excluding steroid dienone is 5. The van der Waals surface area contributed by atoms with Crippen molar-refractivity contribution in [2.45, 2.75) is 32.3 Å². The lowest BCUT2D eigenvalue weighted by Gasteiger charge is -2.26. The molecular formula is C21H27NO3. The van der Waals surface area contributed by atoms with Crippen LogP contribution in [0.15, 0.2) is 48.1 Å². The zero-order valence-electron chi connectivity index (χ0n) is 14.8. The van der Waals surface area contributed by atoms with Gasteiger partial charge in [0.1, 0.15) is 0 Å². The highest BCUT2D eigenvalue weighted by molar-refractivity contribution is 5.84. The maximum absolute atomic E-state index is 10.7. The normalized spacial score (nSPS) is 26.5. The summed E-state index contributed by atoms with van der Waals surface area (Å²) in [7, 11) is 0. The summed E-state index contributed by atoms with van der Waals surface area (Å²) in [5.41, 5.74) is 3.08. The molecule has 0 bridgehead atoms. The molecule has 0 unspecified atom stereocenters. The van der Waals surface area contributed by atoms with E-state index in [0.717, 1.165) is 50.1 Å². The predicted molar refractivity (Wildman–Crippen MR) is 101 cm³/mol. The third kappa shape index (κ3) is 4.53. The van der Waals surface area contributed by atoms with E-state index in [1.165, 1.54) is 5.57 Å². The van der Waals surface area contributed by atoms with Gasteiger partial charge in [0.05, 0.1) is 19.3 Å². The lowest BCUT2D eigenvalue weighted by molar-refractivity contribution is 0.0298. The van der Waals surface area contributed by atoms with Crippen LogP contribution in [0.25, 0.3) is 5.57 Å². The Labute approximate surface area is 149 Å². The van der Waals surface area contributed by atoms with Gasteiger partial charge in [-0.05, 0) is 37.0 Å². The molecule has 0 spiro atoms. The average molecular weight is 341 g/mol. The number of benzene rings is 1. The van der Waals surface area contributed by atoms with Gasteiger partial charge in [0.15, 0.2) is 11.5 Å². The van der Waals surface area contributed by atoms with Gasteiger partial charge in [0.2, 0.25) is 0 Å². The smallest absolute Gasteiger partial charge is 0.165 e. The number of rotatable bonds is 5. The Hall–Kier alpha value is -2.04. The van der Waals surface area contributed by atoms with Crippen LogP contribution in [0.2, 0.25) is 0 Å². The monoisotopic (exact) mass is 341 g/mol. The molecule has 1 aromatic carbocycles. The van der Waals surface area contributed by atoms with Crippen molar-refractivity contribution in [3.63, 3.8) is 0 Å². The molecule has 3 rings (SSSR count). The molecule has 134 valence electrons. The molecule has 2 N–H and O–H groups in total. The number of phenols is 1. The highest BCUT2D eigenvalue weighted by Crippen LogP contribution is 2.39. The number of para-hydroxylation sites is 1. The molecule has 0 radical (unpaired) electrons. The minimum atomic E-state index is 0.170. The molecular weight excluding hydrogens is 314 g/mol. The Morgan fingerprint density at radius 3 is 3.04 bits per heavy atom. The van der Waals surface area contributed by atoms with Crippen LogP contribution in [0.4, 0.5) is 0 Å². The Bertz CT molecular complexity index is 670. The third-order valence-electron chi connectivity index (χ3n) is 4.51. The van der Waals surface area contributed by atoms with E-state index in [-0.39, 0.29) is 11.9 Å². The van der Waals surface area contributed by atoms with Gasteiger partial charge >= 0.3 is 0 Å². The van der Waals surface area contributed by atoms with Crippen molar-refractivity contribution >= 4 is 5.57 Å². The molecule has 4 heteroatoms. The first kappa shape index (κ1) is 17.8. The molecule has 1 fully saturated rings. The number of morpholine rings is 1. The molecule has 2 aliphatic rings. The fraction of sp³-hybridized carbons (Fsp3) is 0.429. The van der Waals surface area contributed by atoms with Crippen molar-refractivity contribution in [1.29, 1.82) is 0 Å². The summed E-state index contributed by atoms with van der Waals surface area (Å²) in [5, 5.41) is 14.1. The van der Waals surface area contributed by atoms with Gasteiger partial charge in [-0.2, -0.15) is 0 Å². The van der Waals surface area contributed by atoms with Crippen LogP contribution in [-0.2, 0) is 4.74 Å². The van der Waals surface area contributed by atoms with E-state index >= 15 is 0 Å². The van der Waals surface area contributed by atoms with E-state index < -0.39 is 0 Å². The Morgan fingerprint density at radius 1 is 1.32 bits per heavy atom. The van der Waals surface area contributed by atoms with Gasteiger partial charge in [-0.25, -0.2) is 0 Å². The fourth-order valence-corrected chi connectivity index (χ4v) is 3.30. The van der Waals surface area contributed by atoms with Crippen molar-refractivity contribution in [3.8, 4) is 11.5 Å². The maximum Gasteiger partial charge on any atom is 0.165 e. The summed E-state index contributed by atoms with van der Waals surface area (Å²) in [6.07, 6.45) is 11.6. The minimum absolute atomic E-state index is 0.170. The predicted octanol–water partition coefficient (Wildman–Crippen LogP) is 3.83. The Balaban J connectivity index is 1.93. The van der Waals surface area contributed by atoms with Crippen LogP contribution in [0.5, 0.6) is 11.5 Å². The third-order valence-corrected chi connectivity index (χ3v) is 4.51. The average Bonchev–Trinajstić information content (AvgIpc) is 2.61. The lowest BCUT2D eigenvalue weighted by Crippen LogP contribution is -2.38. The topological polar surface area (TPSA) is 50.7 Å². The summed E-state index contributed by atoms with van der Waals surface area (Å²) in [6, 6.07) is 5.69. The van der Waals surface area contributed by atoms with Gasteiger partial charge < -0.3 is 19.9 Å². The van der Waals surface area contributed by atoms with Gasteiger partial charge in [0.25, 0.3) is 0 Å². The largest absolute Gasteiger partial charge is 0.504 e. The highest BCUT2D eigenvalue weighted by atomic mass is 16.5. The fourth-order valence-electron chi connectivity index (χ4n) is 3.30. The van der Waals surface area contributed by atoms with Crippen LogP contribution in [0, 0.1) is 0 Å². The summed E-state index contributed by atoms with van der Waals surface area (Å²) >= 11 is 0. The quantitative estimate of drug-likeness (QED) is 0.855. The summed E-state index contributed by atoms with van der Waals surface area (Å²) in [6.45, 7) is 4.98. The molecule has 1 aromatic rings. The molecule has 1 heterocycles. The first-order valence-corrected chi connectivity index (χ1v) is 9.13. The lowest BCUT2D eigenvalue weighted by atomic mass is 9.90. The summed E-state index contributed by atoms with van der Waals surface area (Å²) in [4.78, 5) is 0. The van der Waals surface area contributed by atoms with Gasteiger partial charge in [0, 0.05) is 25.1 Å². The minimum Gasteiger partial charge on any atom is -0.504 e. The van der Waals surface area contributed by atoms with Crippen LogP contribution in [-0.4, -0.2) is 37.5 Å². The SMILES string of the molecule is CCOc1cccc(C2=C/C=C\CC/C=C\2C[C@@H]2CNCCO2)c1O. The second-order valence-electron chi connectivity index (χ2n) is 6.30. The standard InChI is InChI=1S/C21H27NO3/c1-2-24-20-11-7-10-19(21(20)23)18-9-6-4-3-5-8-16(18)14-17-15-22-12-13-25-17/h4,6-11,17,22-23H,2-3,5,12-15H2,1H3/b6-4-,16-8-,18-9+/t17-/m1/s1. The van der Waals surface area contributed by atoms with Crippen molar-refractivity contribution in [2.24, 2.45) is 0 Å². The molecule has 0 aromatic heterocycles. The number of hydrogen-bond acceptors (Lipinski definition) is 4. The first-order chi connectivity index (χ1) is 12.3. The molecule has 0 saturated carbocycles. The highest BCUT2D eigenvalue weighted by Gasteiger charge is 2.20. The Morgan fingerprint density at radius 2 is 2.24 bits per heavy atom. The Kier molecular flexibility index (Phi) is 6.31. The number of nitrogens with one attached hydrogen (secondary N) is 1. The maximum atomic E-state index is 10.7. The molecule has 1 aliphatic carbocycles. The number of ether oxygens (including phenoxy) is 2. The van der Waals surface area contributed by atoms with Crippen molar-refractivity contribution in [1.82, 2.24) is 5.32 Å². The van der Waals surface area contributed by atoms with Crippen LogP contribution >= 0.6 is 0 Å². The zero-order valence-corrected chi connectivity index (χ0v) is 14.8. The van der Waals surface area contributed by atoms with Crippen molar-refractivity contribution in [2.75, 3.05) is 26.3 Å². The van der Waals surface area contributed by atoms with Crippen molar-refractivity contribution < 1.29 is 14.6 Å². The van der Waals surface area contributed by atoms with Crippen molar-refractivity contribution in [3.05, 3.63) is 53.6 Å². The first-order valence-electron chi connectivity index (χ1n) is 9.13. The van der Waals surface area contributed by atoms with Crippen LogP contribution in [0.1, 0.15) is 31.7 Å². The van der Waals surface area contributed by atoms with Gasteiger partial charge in [-0.1, -0.05) is 36.4 Å². The second-order valence-corrected chi connectivity index (χ2v) is 6.30. The van der Waals surface area contributed by atoms with E-state index in [1.54, 1.807) is 6.07 Å². The molecule has 1 saturated heterocycles. The molecule has 4 nitrogen and oxygen atoms in total. The van der Waals surface area contributed by atoms with E-state index in [2.05, 4.69) is 29.6 Å².